The maximum atomic E-state index is 13.3. The molecule has 30 heavy (non-hydrogen) atoms. The fourth-order valence-electron chi connectivity index (χ4n) is 4.95. The van der Waals surface area contributed by atoms with Gasteiger partial charge in [-0.15, -0.1) is 0 Å². The van der Waals surface area contributed by atoms with Crippen molar-refractivity contribution in [3.63, 3.8) is 0 Å². The van der Waals surface area contributed by atoms with E-state index >= 15 is 0 Å². The molecule has 2 fully saturated rings. The molecule has 2 bridgehead atoms. The number of fused-ring (bicyclic) bond motifs is 1. The number of benzene rings is 1. The number of carbonyl (C=O) groups excluding carboxylic acids is 2. The molecular formula is C23H31N3O4. The zero-order valence-corrected chi connectivity index (χ0v) is 18.0. The van der Waals surface area contributed by atoms with Gasteiger partial charge >= 0.3 is 0 Å². The van der Waals surface area contributed by atoms with Gasteiger partial charge in [0, 0.05) is 12.2 Å². The Morgan fingerprint density at radius 2 is 2.03 bits per heavy atom. The van der Waals surface area contributed by atoms with E-state index < -0.39 is 17.4 Å². The molecule has 162 valence electrons. The zero-order valence-electron chi connectivity index (χ0n) is 18.0. The van der Waals surface area contributed by atoms with E-state index in [-0.39, 0.29) is 17.9 Å². The van der Waals surface area contributed by atoms with Crippen LogP contribution >= 0.6 is 0 Å². The van der Waals surface area contributed by atoms with E-state index in [1.807, 2.05) is 36.4 Å². The predicted octanol–water partition coefficient (Wildman–Crippen LogP) is 1.83. The third-order valence-electron chi connectivity index (χ3n) is 6.63. The first-order valence-electron chi connectivity index (χ1n) is 10.9. The molecule has 1 N–H and O–H groups in total. The van der Waals surface area contributed by atoms with Crippen LogP contribution in [0, 0.1) is 11.8 Å². The van der Waals surface area contributed by atoms with E-state index in [2.05, 4.69) is 24.1 Å². The quantitative estimate of drug-likeness (QED) is 0.494. The summed E-state index contributed by atoms with van der Waals surface area (Å²) in [5.74, 6) is -0.338. The third-order valence-corrected chi connectivity index (χ3v) is 6.63. The summed E-state index contributed by atoms with van der Waals surface area (Å²) in [4.78, 5) is 30.4. The lowest BCUT2D eigenvalue weighted by molar-refractivity contribution is -0.131. The topological polar surface area (TPSA) is 71.1 Å². The van der Waals surface area contributed by atoms with E-state index in [1.165, 1.54) is 0 Å². The van der Waals surface area contributed by atoms with E-state index in [0.29, 0.717) is 13.1 Å². The Kier molecular flexibility index (Phi) is 5.84. The first-order valence-corrected chi connectivity index (χ1v) is 10.9. The van der Waals surface area contributed by atoms with E-state index in [4.69, 9.17) is 9.47 Å². The average molecular weight is 414 g/mol. The number of amides is 2. The van der Waals surface area contributed by atoms with Crippen LogP contribution in [0.1, 0.15) is 20.3 Å². The van der Waals surface area contributed by atoms with Crippen molar-refractivity contribution in [2.75, 3.05) is 44.7 Å². The van der Waals surface area contributed by atoms with Crippen molar-refractivity contribution >= 4 is 17.5 Å². The van der Waals surface area contributed by atoms with Crippen LogP contribution in [0.2, 0.25) is 0 Å². The lowest BCUT2D eigenvalue weighted by Gasteiger charge is -2.24. The van der Waals surface area contributed by atoms with Crippen LogP contribution in [0.15, 0.2) is 36.4 Å². The smallest absolute Gasteiger partial charge is 0.234 e. The molecule has 0 aliphatic carbocycles. The Morgan fingerprint density at radius 3 is 2.70 bits per heavy atom. The van der Waals surface area contributed by atoms with Gasteiger partial charge in [-0.05, 0) is 50.3 Å². The van der Waals surface area contributed by atoms with Gasteiger partial charge < -0.3 is 24.6 Å². The predicted molar refractivity (Wildman–Crippen MR) is 114 cm³/mol. The van der Waals surface area contributed by atoms with Crippen LogP contribution in [0.5, 0.6) is 5.75 Å². The Labute approximate surface area is 178 Å². The standard InChI is InChI=1S/C23H31N3O4/c1-4-25(5-2)14-6-13-24-21(27)19-18-11-12-23(30-18)15-26(22(28)20(19)23)16-7-9-17(29-3)10-8-16/h7-12,18-20H,4-6,13-15H2,1-3H3,(H,24,27)/t18-,19-,20-,23+/m1/s1. The number of anilines is 1. The van der Waals surface area contributed by atoms with Crippen LogP contribution in [0.25, 0.3) is 0 Å². The van der Waals surface area contributed by atoms with Gasteiger partial charge in [0.05, 0.1) is 31.6 Å². The number of rotatable bonds is 9. The summed E-state index contributed by atoms with van der Waals surface area (Å²) >= 11 is 0. The summed E-state index contributed by atoms with van der Waals surface area (Å²) < 4.78 is 11.4. The van der Waals surface area contributed by atoms with E-state index in [9.17, 15) is 9.59 Å². The molecule has 1 aromatic carbocycles. The summed E-state index contributed by atoms with van der Waals surface area (Å²) in [7, 11) is 1.61. The second-order valence-electron chi connectivity index (χ2n) is 8.19. The molecule has 0 aromatic heterocycles. The van der Waals surface area contributed by atoms with Gasteiger partial charge in [0.2, 0.25) is 11.8 Å². The molecule has 0 radical (unpaired) electrons. The first-order chi connectivity index (χ1) is 14.5. The second kappa shape index (κ2) is 8.40. The summed E-state index contributed by atoms with van der Waals surface area (Å²) in [5.41, 5.74) is 0.0914. The highest BCUT2D eigenvalue weighted by Gasteiger charge is 2.67. The SMILES string of the molecule is CCN(CC)CCCNC(=O)[C@@H]1[C@H]2C=C[C@@]3(CN(c4ccc(OC)cc4)C(=O)[C@@H]13)O2. The molecule has 7 nitrogen and oxygen atoms in total. The van der Waals surface area contributed by atoms with Crippen LogP contribution in [-0.2, 0) is 14.3 Å². The van der Waals surface area contributed by atoms with Gasteiger partial charge in [-0.1, -0.05) is 26.0 Å². The summed E-state index contributed by atoms with van der Waals surface area (Å²) in [6.45, 7) is 8.29. The van der Waals surface area contributed by atoms with Crippen molar-refractivity contribution in [1.29, 1.82) is 0 Å². The normalized spacial score (nSPS) is 29.0. The maximum Gasteiger partial charge on any atom is 0.234 e. The van der Waals surface area contributed by atoms with Crippen LogP contribution in [0.4, 0.5) is 5.69 Å². The molecule has 1 aromatic rings. The minimum Gasteiger partial charge on any atom is -0.497 e. The lowest BCUT2D eigenvalue weighted by atomic mass is 9.77. The number of nitrogens with one attached hydrogen (secondary N) is 1. The minimum absolute atomic E-state index is 0.0460. The van der Waals surface area contributed by atoms with Gasteiger partial charge in [-0.3, -0.25) is 9.59 Å². The van der Waals surface area contributed by atoms with Crippen LogP contribution < -0.4 is 15.0 Å². The van der Waals surface area contributed by atoms with Gasteiger partial charge in [-0.25, -0.2) is 0 Å². The van der Waals surface area contributed by atoms with E-state index in [1.54, 1.807) is 12.0 Å². The molecule has 0 saturated carbocycles. The minimum atomic E-state index is -0.703. The Bertz CT molecular complexity index is 820. The molecule has 4 atom stereocenters. The molecule has 1 spiro atoms. The van der Waals surface area contributed by atoms with Crippen molar-refractivity contribution in [1.82, 2.24) is 10.2 Å². The van der Waals surface area contributed by atoms with Gasteiger partial charge in [0.25, 0.3) is 0 Å². The Morgan fingerprint density at radius 1 is 1.30 bits per heavy atom. The van der Waals surface area contributed by atoms with Gasteiger partial charge in [-0.2, -0.15) is 0 Å². The molecule has 0 unspecified atom stereocenters. The van der Waals surface area contributed by atoms with Crippen molar-refractivity contribution in [2.24, 2.45) is 11.8 Å². The number of nitrogens with zero attached hydrogens (tertiary/aromatic N) is 2. The number of hydrogen-bond acceptors (Lipinski definition) is 5. The van der Waals surface area contributed by atoms with Crippen LogP contribution in [0.3, 0.4) is 0 Å². The molecule has 3 aliphatic rings. The molecule has 3 aliphatic heterocycles. The number of hydrogen-bond donors (Lipinski definition) is 1. The second-order valence-corrected chi connectivity index (χ2v) is 8.19. The fourth-order valence-corrected chi connectivity index (χ4v) is 4.95. The lowest BCUT2D eigenvalue weighted by Crippen LogP contribution is -2.44. The third kappa shape index (κ3) is 3.50. The molecule has 3 heterocycles. The maximum absolute atomic E-state index is 13.3. The van der Waals surface area contributed by atoms with Crippen molar-refractivity contribution in [3.05, 3.63) is 36.4 Å². The highest BCUT2D eigenvalue weighted by atomic mass is 16.5. The fraction of sp³-hybridized carbons (Fsp3) is 0.565. The Hall–Kier alpha value is -2.38. The van der Waals surface area contributed by atoms with Crippen LogP contribution in [-0.4, -0.2) is 68.3 Å². The van der Waals surface area contributed by atoms with E-state index in [0.717, 1.165) is 37.5 Å². The average Bonchev–Trinajstić information content (AvgIpc) is 3.42. The number of ether oxygens (including phenoxy) is 2. The number of methoxy groups -OCH3 is 1. The molecule has 4 rings (SSSR count). The van der Waals surface area contributed by atoms with Crippen molar-refractivity contribution < 1.29 is 19.1 Å². The molecule has 2 amide bonds. The molecule has 2 saturated heterocycles. The molecular weight excluding hydrogens is 382 g/mol. The highest BCUT2D eigenvalue weighted by molar-refractivity contribution is 6.03. The summed E-state index contributed by atoms with van der Waals surface area (Å²) in [6, 6.07) is 7.41. The Balaban J connectivity index is 1.43. The summed E-state index contributed by atoms with van der Waals surface area (Å²) in [6.07, 6.45) is 4.50. The number of carbonyl (C=O) groups is 2. The first kappa shape index (κ1) is 20.9. The monoisotopic (exact) mass is 413 g/mol. The van der Waals surface area contributed by atoms with Gasteiger partial charge in [0.1, 0.15) is 11.4 Å². The summed E-state index contributed by atoms with van der Waals surface area (Å²) in [5, 5.41) is 3.05. The zero-order chi connectivity index (χ0) is 21.3. The van der Waals surface area contributed by atoms with Gasteiger partial charge in [0.15, 0.2) is 0 Å². The van der Waals surface area contributed by atoms with Crippen molar-refractivity contribution in [3.8, 4) is 5.75 Å². The highest BCUT2D eigenvalue weighted by Crippen LogP contribution is 2.52. The molecule has 7 heteroatoms. The largest absolute Gasteiger partial charge is 0.497 e. The van der Waals surface area contributed by atoms with Crippen molar-refractivity contribution in [2.45, 2.75) is 32.0 Å².